The van der Waals surface area contributed by atoms with Crippen molar-refractivity contribution < 1.29 is 9.53 Å². The zero-order chi connectivity index (χ0) is 12.4. The number of carbonyl (C=O) groups is 1. The van der Waals surface area contributed by atoms with Gasteiger partial charge in [0.2, 0.25) is 0 Å². The number of aryl methyl sites for hydroxylation is 1. The number of fused-ring (bicyclic) bond motifs is 1. The van der Waals surface area contributed by atoms with E-state index in [-0.39, 0.29) is 11.9 Å². The van der Waals surface area contributed by atoms with E-state index in [1.165, 1.54) is 22.1 Å². The van der Waals surface area contributed by atoms with Crippen LogP contribution < -0.4 is 0 Å². The molecule has 1 heterocycles. The molecule has 0 aliphatic rings. The molecule has 1 aromatic carbocycles. The van der Waals surface area contributed by atoms with E-state index in [1.807, 2.05) is 19.1 Å². The first-order valence-electron chi connectivity index (χ1n) is 5.74. The van der Waals surface area contributed by atoms with Gasteiger partial charge in [0.15, 0.2) is 0 Å². The van der Waals surface area contributed by atoms with Crippen LogP contribution in [0.2, 0.25) is 0 Å². The van der Waals surface area contributed by atoms with Crippen molar-refractivity contribution in [1.29, 1.82) is 0 Å². The van der Waals surface area contributed by atoms with Crippen LogP contribution in [0.3, 0.4) is 0 Å². The average Bonchev–Trinajstić information content (AvgIpc) is 2.67. The maximum atomic E-state index is 11.8. The van der Waals surface area contributed by atoms with E-state index in [0.717, 1.165) is 12.0 Å². The summed E-state index contributed by atoms with van der Waals surface area (Å²) < 4.78 is 6.13. The molecular formula is C14H16O2S. The Morgan fingerprint density at radius 1 is 1.41 bits per heavy atom. The SMILES string of the molecule is CCC(C(=O)OC)c1c(C)sc2ccccc12. The highest BCUT2D eigenvalue weighted by atomic mass is 32.1. The summed E-state index contributed by atoms with van der Waals surface area (Å²) in [5, 5.41) is 1.19. The number of rotatable bonds is 3. The number of esters is 1. The molecule has 2 aromatic rings. The Labute approximate surface area is 105 Å². The number of thiophene rings is 1. The van der Waals surface area contributed by atoms with Gasteiger partial charge in [-0.2, -0.15) is 0 Å². The second-order valence-electron chi connectivity index (χ2n) is 4.05. The highest BCUT2D eigenvalue weighted by molar-refractivity contribution is 7.19. The van der Waals surface area contributed by atoms with Gasteiger partial charge >= 0.3 is 5.97 Å². The molecule has 2 nitrogen and oxygen atoms in total. The van der Waals surface area contributed by atoms with Crippen LogP contribution in [0.5, 0.6) is 0 Å². The molecule has 0 bridgehead atoms. The number of hydrogen-bond donors (Lipinski definition) is 0. The molecular weight excluding hydrogens is 232 g/mol. The van der Waals surface area contributed by atoms with Crippen LogP contribution in [-0.4, -0.2) is 13.1 Å². The lowest BCUT2D eigenvalue weighted by molar-refractivity contribution is -0.142. The molecule has 0 fully saturated rings. The third-order valence-corrected chi connectivity index (χ3v) is 4.16. The fourth-order valence-electron chi connectivity index (χ4n) is 2.25. The molecule has 1 unspecified atom stereocenters. The standard InChI is InChI=1S/C14H16O2S/c1-4-10(14(15)16-3)13-9(2)17-12-8-6-5-7-11(12)13/h5-8,10H,4H2,1-3H3. The molecule has 1 atom stereocenters. The fourth-order valence-corrected chi connectivity index (χ4v) is 3.38. The van der Waals surface area contributed by atoms with E-state index in [9.17, 15) is 4.79 Å². The van der Waals surface area contributed by atoms with Crippen molar-refractivity contribution in [3.63, 3.8) is 0 Å². The Kier molecular flexibility index (Phi) is 3.48. The fraction of sp³-hybridized carbons (Fsp3) is 0.357. The number of ether oxygens (including phenoxy) is 1. The van der Waals surface area contributed by atoms with Crippen LogP contribution in [0.4, 0.5) is 0 Å². The molecule has 90 valence electrons. The topological polar surface area (TPSA) is 26.3 Å². The van der Waals surface area contributed by atoms with Gasteiger partial charge in [0.25, 0.3) is 0 Å². The van der Waals surface area contributed by atoms with Gasteiger partial charge in [0.05, 0.1) is 13.0 Å². The van der Waals surface area contributed by atoms with Gasteiger partial charge in [-0.3, -0.25) is 4.79 Å². The summed E-state index contributed by atoms with van der Waals surface area (Å²) in [7, 11) is 1.45. The lowest BCUT2D eigenvalue weighted by atomic mass is 9.94. The third-order valence-electron chi connectivity index (χ3n) is 3.06. The van der Waals surface area contributed by atoms with Crippen molar-refractivity contribution in [1.82, 2.24) is 0 Å². The van der Waals surface area contributed by atoms with E-state index in [4.69, 9.17) is 4.74 Å². The van der Waals surface area contributed by atoms with Gasteiger partial charge in [-0.05, 0) is 30.4 Å². The molecule has 2 rings (SSSR count). The molecule has 0 amide bonds. The predicted molar refractivity (Wildman–Crippen MR) is 71.6 cm³/mol. The lowest BCUT2D eigenvalue weighted by Crippen LogP contribution is -2.13. The number of benzene rings is 1. The minimum absolute atomic E-state index is 0.140. The summed E-state index contributed by atoms with van der Waals surface area (Å²) in [6.45, 7) is 4.10. The summed E-state index contributed by atoms with van der Waals surface area (Å²) in [5.41, 5.74) is 1.14. The zero-order valence-electron chi connectivity index (χ0n) is 10.3. The molecule has 0 saturated carbocycles. The maximum Gasteiger partial charge on any atom is 0.313 e. The summed E-state index contributed by atoms with van der Waals surface area (Å²) in [6, 6.07) is 8.23. The Bertz CT molecular complexity index is 542. The second kappa shape index (κ2) is 4.88. The van der Waals surface area contributed by atoms with E-state index in [0.29, 0.717) is 0 Å². The Morgan fingerprint density at radius 2 is 2.12 bits per heavy atom. The van der Waals surface area contributed by atoms with E-state index in [1.54, 1.807) is 11.3 Å². The average molecular weight is 248 g/mol. The zero-order valence-corrected chi connectivity index (χ0v) is 11.1. The van der Waals surface area contributed by atoms with Crippen molar-refractivity contribution in [2.24, 2.45) is 0 Å². The minimum atomic E-state index is -0.142. The molecule has 0 radical (unpaired) electrons. The van der Waals surface area contributed by atoms with Gasteiger partial charge in [-0.25, -0.2) is 0 Å². The Balaban J connectivity index is 2.60. The van der Waals surface area contributed by atoms with Crippen LogP contribution >= 0.6 is 11.3 Å². The van der Waals surface area contributed by atoms with E-state index in [2.05, 4.69) is 19.1 Å². The van der Waals surface area contributed by atoms with Crippen molar-refractivity contribution in [2.75, 3.05) is 7.11 Å². The van der Waals surface area contributed by atoms with E-state index >= 15 is 0 Å². The molecule has 3 heteroatoms. The lowest BCUT2D eigenvalue weighted by Gasteiger charge is -2.13. The number of methoxy groups -OCH3 is 1. The van der Waals surface area contributed by atoms with Crippen molar-refractivity contribution >= 4 is 27.4 Å². The first-order valence-corrected chi connectivity index (χ1v) is 6.56. The number of carbonyl (C=O) groups excluding carboxylic acids is 1. The quantitative estimate of drug-likeness (QED) is 0.771. The molecule has 0 spiro atoms. The van der Waals surface area contributed by atoms with Crippen molar-refractivity contribution in [3.05, 3.63) is 34.7 Å². The van der Waals surface area contributed by atoms with Crippen LogP contribution in [0, 0.1) is 6.92 Å². The Hall–Kier alpha value is -1.35. The highest BCUT2D eigenvalue weighted by Crippen LogP contribution is 2.37. The monoisotopic (exact) mass is 248 g/mol. The maximum absolute atomic E-state index is 11.8. The van der Waals surface area contributed by atoms with Crippen LogP contribution in [0.15, 0.2) is 24.3 Å². The largest absolute Gasteiger partial charge is 0.469 e. The van der Waals surface area contributed by atoms with Gasteiger partial charge in [-0.15, -0.1) is 11.3 Å². The minimum Gasteiger partial charge on any atom is -0.469 e. The summed E-state index contributed by atoms with van der Waals surface area (Å²) in [4.78, 5) is 13.0. The molecule has 0 saturated heterocycles. The first-order chi connectivity index (χ1) is 8.19. The van der Waals surface area contributed by atoms with Gasteiger partial charge in [0, 0.05) is 9.58 Å². The van der Waals surface area contributed by atoms with Crippen LogP contribution in [-0.2, 0) is 9.53 Å². The molecule has 0 N–H and O–H groups in total. The predicted octanol–water partition coefficient (Wildman–Crippen LogP) is 3.88. The van der Waals surface area contributed by atoms with Gasteiger partial charge in [0.1, 0.15) is 0 Å². The third kappa shape index (κ3) is 2.07. The molecule has 17 heavy (non-hydrogen) atoms. The van der Waals surface area contributed by atoms with Crippen LogP contribution in [0.1, 0.15) is 29.7 Å². The second-order valence-corrected chi connectivity index (χ2v) is 5.31. The highest BCUT2D eigenvalue weighted by Gasteiger charge is 2.24. The number of hydrogen-bond acceptors (Lipinski definition) is 3. The molecule has 1 aromatic heterocycles. The van der Waals surface area contributed by atoms with Crippen molar-refractivity contribution in [2.45, 2.75) is 26.2 Å². The van der Waals surface area contributed by atoms with Crippen molar-refractivity contribution in [3.8, 4) is 0 Å². The van der Waals surface area contributed by atoms with Gasteiger partial charge < -0.3 is 4.74 Å². The molecule has 0 aliphatic heterocycles. The summed E-state index contributed by atoms with van der Waals surface area (Å²) in [6.07, 6.45) is 0.772. The Morgan fingerprint density at radius 3 is 2.76 bits per heavy atom. The summed E-state index contributed by atoms with van der Waals surface area (Å²) >= 11 is 1.74. The smallest absolute Gasteiger partial charge is 0.313 e. The normalized spacial score (nSPS) is 12.6. The van der Waals surface area contributed by atoms with E-state index < -0.39 is 0 Å². The van der Waals surface area contributed by atoms with Gasteiger partial charge in [-0.1, -0.05) is 25.1 Å². The molecule has 0 aliphatic carbocycles. The summed E-state index contributed by atoms with van der Waals surface area (Å²) in [5.74, 6) is -0.282. The first kappa shape index (κ1) is 12.1. The van der Waals surface area contributed by atoms with Crippen LogP contribution in [0.25, 0.3) is 10.1 Å².